The molecule has 1 saturated carbocycles. The van der Waals surface area contributed by atoms with Gasteiger partial charge in [0.15, 0.2) is 9.84 Å². The molecule has 2 N–H and O–H groups in total. The maximum atomic E-state index is 11.6. The highest BCUT2D eigenvalue weighted by Gasteiger charge is 2.26. The van der Waals surface area contributed by atoms with E-state index in [1.165, 1.54) is 0 Å². The smallest absolute Gasteiger partial charge is 0.178 e. The summed E-state index contributed by atoms with van der Waals surface area (Å²) in [6, 6.07) is 7.09. The maximum absolute atomic E-state index is 11.6. The summed E-state index contributed by atoms with van der Waals surface area (Å²) in [5.74, 6) is 0.120. The third-order valence-corrected chi connectivity index (χ3v) is 4.83. The van der Waals surface area contributed by atoms with Gasteiger partial charge in [0.1, 0.15) is 0 Å². The molecule has 0 bridgehead atoms. The van der Waals surface area contributed by atoms with Crippen molar-refractivity contribution in [1.82, 2.24) is 0 Å². The molecule has 0 aliphatic heterocycles. The van der Waals surface area contributed by atoms with Gasteiger partial charge in [-0.25, -0.2) is 8.42 Å². The topological polar surface area (TPSA) is 66.4 Å². The third-order valence-electron chi connectivity index (χ3n) is 3.08. The zero-order valence-corrected chi connectivity index (χ0v) is 10.6. The average molecular weight is 255 g/mol. The number of aliphatic hydroxyl groups excluding tert-OH is 1. The van der Waals surface area contributed by atoms with Crippen LogP contribution in [0.1, 0.15) is 19.8 Å². The molecule has 2 rings (SSSR count). The van der Waals surface area contributed by atoms with Gasteiger partial charge in [-0.1, -0.05) is 6.92 Å². The zero-order chi connectivity index (χ0) is 12.5. The van der Waals surface area contributed by atoms with Gasteiger partial charge in [0.05, 0.1) is 16.8 Å². The molecule has 4 nitrogen and oxygen atoms in total. The van der Waals surface area contributed by atoms with Crippen LogP contribution in [0.15, 0.2) is 29.2 Å². The molecule has 0 amide bonds. The summed E-state index contributed by atoms with van der Waals surface area (Å²) >= 11 is 0. The van der Waals surface area contributed by atoms with Crippen molar-refractivity contribution in [3.05, 3.63) is 24.3 Å². The summed E-state index contributed by atoms with van der Waals surface area (Å²) in [4.78, 5) is 0.360. The normalized spacial score (nSPS) is 24.1. The van der Waals surface area contributed by atoms with E-state index < -0.39 is 9.84 Å². The van der Waals surface area contributed by atoms with Crippen LogP contribution in [0.5, 0.6) is 0 Å². The van der Waals surface area contributed by atoms with Gasteiger partial charge in [-0.2, -0.15) is 0 Å². The second-order valence-corrected chi connectivity index (χ2v) is 6.67. The highest BCUT2D eigenvalue weighted by Crippen LogP contribution is 2.24. The van der Waals surface area contributed by atoms with Gasteiger partial charge in [0.2, 0.25) is 0 Å². The number of aliphatic hydroxyl groups is 1. The lowest BCUT2D eigenvalue weighted by Gasteiger charge is -2.32. The van der Waals surface area contributed by atoms with Crippen molar-refractivity contribution in [2.75, 3.05) is 11.1 Å². The average Bonchev–Trinajstić information content (AvgIpc) is 2.28. The largest absolute Gasteiger partial charge is 0.393 e. The molecule has 0 unspecified atom stereocenters. The van der Waals surface area contributed by atoms with Gasteiger partial charge < -0.3 is 10.4 Å². The van der Waals surface area contributed by atoms with E-state index in [1.807, 2.05) is 0 Å². The fourth-order valence-corrected chi connectivity index (χ4v) is 2.75. The standard InChI is InChI=1S/C12H17NO3S/c1-2-17(15,16)12-5-3-9(4-6-12)13-10-7-11(14)8-10/h3-6,10-11,13-14H,2,7-8H2,1H3. The number of anilines is 1. The molecule has 0 heterocycles. The summed E-state index contributed by atoms with van der Waals surface area (Å²) in [6.45, 7) is 1.64. The third kappa shape index (κ3) is 2.79. The van der Waals surface area contributed by atoms with E-state index in [1.54, 1.807) is 31.2 Å². The van der Waals surface area contributed by atoms with Crippen LogP contribution in [0, 0.1) is 0 Å². The summed E-state index contributed by atoms with van der Waals surface area (Å²) < 4.78 is 23.2. The quantitative estimate of drug-likeness (QED) is 0.854. The lowest BCUT2D eigenvalue weighted by Crippen LogP contribution is -2.38. The minimum Gasteiger partial charge on any atom is -0.393 e. The van der Waals surface area contributed by atoms with Gasteiger partial charge in [0.25, 0.3) is 0 Å². The molecule has 0 saturated heterocycles. The number of benzene rings is 1. The minimum atomic E-state index is -3.11. The second kappa shape index (κ2) is 4.66. The van der Waals surface area contributed by atoms with Gasteiger partial charge in [-0.3, -0.25) is 0 Å². The van der Waals surface area contributed by atoms with Crippen LogP contribution in [0.25, 0.3) is 0 Å². The molecule has 1 aromatic carbocycles. The molecule has 1 aliphatic rings. The first kappa shape index (κ1) is 12.4. The summed E-state index contributed by atoms with van der Waals surface area (Å²) in [5.41, 5.74) is 0.900. The lowest BCUT2D eigenvalue weighted by molar-refractivity contribution is 0.0836. The van der Waals surface area contributed by atoms with Crippen molar-refractivity contribution in [2.24, 2.45) is 0 Å². The Kier molecular flexibility index (Phi) is 3.40. The summed E-state index contributed by atoms with van der Waals surface area (Å²) in [6.07, 6.45) is 1.33. The molecular weight excluding hydrogens is 238 g/mol. The van der Waals surface area contributed by atoms with Crippen LogP contribution in [-0.4, -0.2) is 31.4 Å². The van der Waals surface area contributed by atoms with Crippen molar-refractivity contribution in [2.45, 2.75) is 36.8 Å². The molecule has 1 aromatic rings. The number of hydrogen-bond acceptors (Lipinski definition) is 4. The molecular formula is C12H17NO3S. The zero-order valence-electron chi connectivity index (χ0n) is 9.76. The first-order chi connectivity index (χ1) is 8.01. The molecule has 94 valence electrons. The fraction of sp³-hybridized carbons (Fsp3) is 0.500. The van der Waals surface area contributed by atoms with Crippen molar-refractivity contribution < 1.29 is 13.5 Å². The monoisotopic (exact) mass is 255 g/mol. The first-order valence-electron chi connectivity index (χ1n) is 5.78. The van der Waals surface area contributed by atoms with Crippen LogP contribution in [-0.2, 0) is 9.84 Å². The van der Waals surface area contributed by atoms with Gasteiger partial charge >= 0.3 is 0 Å². The van der Waals surface area contributed by atoms with E-state index in [-0.39, 0.29) is 11.9 Å². The van der Waals surface area contributed by atoms with Crippen molar-refractivity contribution in [1.29, 1.82) is 0 Å². The minimum absolute atomic E-state index is 0.120. The SMILES string of the molecule is CCS(=O)(=O)c1ccc(NC2CC(O)C2)cc1. The number of rotatable bonds is 4. The number of sulfone groups is 1. The molecule has 0 aromatic heterocycles. The molecule has 0 spiro atoms. The van der Waals surface area contributed by atoms with E-state index >= 15 is 0 Å². The predicted molar refractivity (Wildman–Crippen MR) is 66.8 cm³/mol. The molecule has 0 radical (unpaired) electrons. The van der Waals surface area contributed by atoms with Crippen LogP contribution in [0.2, 0.25) is 0 Å². The molecule has 1 fully saturated rings. The van der Waals surface area contributed by atoms with E-state index in [2.05, 4.69) is 5.32 Å². The highest BCUT2D eigenvalue weighted by atomic mass is 32.2. The van der Waals surface area contributed by atoms with Crippen LogP contribution >= 0.6 is 0 Å². The lowest BCUT2D eigenvalue weighted by atomic mass is 9.89. The van der Waals surface area contributed by atoms with Gasteiger partial charge in [-0.05, 0) is 37.1 Å². The maximum Gasteiger partial charge on any atom is 0.178 e. The highest BCUT2D eigenvalue weighted by molar-refractivity contribution is 7.91. The van der Waals surface area contributed by atoms with Gasteiger partial charge in [-0.15, -0.1) is 0 Å². The van der Waals surface area contributed by atoms with Crippen molar-refractivity contribution in [3.8, 4) is 0 Å². The Labute approximate surface area is 102 Å². The van der Waals surface area contributed by atoms with Crippen LogP contribution in [0.4, 0.5) is 5.69 Å². The molecule has 5 heteroatoms. The summed E-state index contributed by atoms with van der Waals surface area (Å²) in [7, 11) is -3.11. The van der Waals surface area contributed by atoms with E-state index in [0.29, 0.717) is 10.9 Å². The molecule has 17 heavy (non-hydrogen) atoms. The Morgan fingerprint density at radius 1 is 1.29 bits per heavy atom. The van der Waals surface area contributed by atoms with Crippen molar-refractivity contribution in [3.63, 3.8) is 0 Å². The first-order valence-corrected chi connectivity index (χ1v) is 7.44. The Bertz CT molecular complexity index is 475. The Morgan fingerprint density at radius 2 is 1.88 bits per heavy atom. The van der Waals surface area contributed by atoms with E-state index in [9.17, 15) is 8.42 Å². The van der Waals surface area contributed by atoms with Crippen molar-refractivity contribution >= 4 is 15.5 Å². The molecule has 1 aliphatic carbocycles. The predicted octanol–water partition coefficient (Wildman–Crippen LogP) is 1.42. The Balaban J connectivity index is 2.03. The fourth-order valence-electron chi connectivity index (χ4n) is 1.87. The summed E-state index contributed by atoms with van der Waals surface area (Å²) in [5, 5.41) is 12.4. The van der Waals surface area contributed by atoms with Crippen LogP contribution in [0.3, 0.4) is 0 Å². The molecule has 0 atom stereocenters. The van der Waals surface area contributed by atoms with Gasteiger partial charge in [0, 0.05) is 11.7 Å². The second-order valence-electron chi connectivity index (χ2n) is 4.39. The number of hydrogen-bond donors (Lipinski definition) is 2. The Morgan fingerprint density at radius 3 is 2.35 bits per heavy atom. The van der Waals surface area contributed by atoms with Crippen LogP contribution < -0.4 is 5.32 Å². The van der Waals surface area contributed by atoms with E-state index in [4.69, 9.17) is 5.11 Å². The Hall–Kier alpha value is -1.07. The van der Waals surface area contributed by atoms with E-state index in [0.717, 1.165) is 18.5 Å². The number of nitrogens with one attached hydrogen (secondary N) is 1.